The second-order valence-corrected chi connectivity index (χ2v) is 5.02. The van der Waals surface area contributed by atoms with E-state index in [0.717, 1.165) is 18.6 Å². The Bertz CT molecular complexity index is 369. The van der Waals surface area contributed by atoms with Gasteiger partial charge in [-0.25, -0.2) is 0 Å². The Kier molecular flexibility index (Phi) is 5.89. The minimum Gasteiger partial charge on any atom is -0.491 e. The molecule has 1 saturated carbocycles. The minimum absolute atomic E-state index is 0.239. The van der Waals surface area contributed by atoms with Gasteiger partial charge in [-0.05, 0) is 25.0 Å². The maximum atomic E-state index is 11.9. The number of benzene rings is 1. The highest BCUT2D eigenvalue weighted by Gasteiger charge is 2.20. The van der Waals surface area contributed by atoms with Crippen molar-refractivity contribution in [1.82, 2.24) is 0 Å². The van der Waals surface area contributed by atoms with E-state index < -0.39 is 0 Å². The zero-order chi connectivity index (χ0) is 13.3. The van der Waals surface area contributed by atoms with Crippen LogP contribution in [0.1, 0.15) is 32.1 Å². The first-order chi connectivity index (χ1) is 9.36. The highest BCUT2D eigenvalue weighted by molar-refractivity contribution is 5.82. The number of para-hydroxylation sites is 1. The number of carbonyl (C=O) groups excluding carboxylic acids is 1. The first-order valence-electron chi connectivity index (χ1n) is 7.14. The molecule has 0 amide bonds. The molecule has 1 aliphatic rings. The second kappa shape index (κ2) is 7.95. The fourth-order valence-corrected chi connectivity index (χ4v) is 2.45. The lowest BCUT2D eigenvalue weighted by molar-refractivity contribution is -0.128. The van der Waals surface area contributed by atoms with E-state index >= 15 is 0 Å². The molecule has 104 valence electrons. The molecule has 1 aromatic rings. The molecule has 1 aromatic carbocycles. The van der Waals surface area contributed by atoms with E-state index in [0.29, 0.717) is 13.2 Å². The van der Waals surface area contributed by atoms with E-state index in [-0.39, 0.29) is 18.3 Å². The number of hydrogen-bond acceptors (Lipinski definition) is 3. The Labute approximate surface area is 114 Å². The molecule has 1 aliphatic carbocycles. The lowest BCUT2D eigenvalue weighted by Crippen LogP contribution is -2.23. The largest absolute Gasteiger partial charge is 0.491 e. The molecule has 0 spiro atoms. The summed E-state index contributed by atoms with van der Waals surface area (Å²) in [6.45, 7) is 1.19. The third kappa shape index (κ3) is 5.03. The Balaban J connectivity index is 1.55. The van der Waals surface area contributed by atoms with Crippen LogP contribution in [0.25, 0.3) is 0 Å². The van der Waals surface area contributed by atoms with Crippen LogP contribution >= 0.6 is 0 Å². The van der Waals surface area contributed by atoms with Crippen LogP contribution in [-0.4, -0.2) is 25.6 Å². The number of carbonyl (C=O) groups is 1. The monoisotopic (exact) mass is 262 g/mol. The first kappa shape index (κ1) is 14.1. The average molecular weight is 262 g/mol. The molecule has 0 unspecified atom stereocenters. The molecule has 0 saturated heterocycles. The molecule has 0 N–H and O–H groups in total. The van der Waals surface area contributed by atoms with Crippen molar-refractivity contribution in [1.29, 1.82) is 0 Å². The lowest BCUT2D eigenvalue weighted by atomic mass is 9.86. The standard InChI is InChI=1S/C16H22O3/c17-16(14-7-3-1-4-8-14)13-18-11-12-19-15-9-5-2-6-10-15/h2,5-6,9-10,14H,1,3-4,7-8,11-13H2. The average Bonchev–Trinajstić information content (AvgIpc) is 2.49. The van der Waals surface area contributed by atoms with Crippen molar-refractivity contribution >= 4 is 5.78 Å². The van der Waals surface area contributed by atoms with Crippen molar-refractivity contribution in [2.45, 2.75) is 32.1 Å². The molecular formula is C16H22O3. The Hall–Kier alpha value is -1.35. The maximum absolute atomic E-state index is 11.9. The van der Waals surface area contributed by atoms with Crippen molar-refractivity contribution in [3.8, 4) is 5.75 Å². The summed E-state index contributed by atoms with van der Waals surface area (Å²) in [6.07, 6.45) is 5.74. The molecule has 0 heterocycles. The predicted molar refractivity (Wildman–Crippen MR) is 74.3 cm³/mol. The molecule has 3 heteroatoms. The summed E-state index contributed by atoms with van der Waals surface area (Å²) in [4.78, 5) is 11.9. The molecular weight excluding hydrogens is 240 g/mol. The third-order valence-electron chi connectivity index (χ3n) is 3.54. The number of Topliss-reactive ketones (excluding diaryl/α,β-unsaturated/α-hetero) is 1. The van der Waals surface area contributed by atoms with Gasteiger partial charge < -0.3 is 9.47 Å². The molecule has 2 rings (SSSR count). The van der Waals surface area contributed by atoms with Gasteiger partial charge in [0.2, 0.25) is 0 Å². The van der Waals surface area contributed by atoms with Gasteiger partial charge in [0, 0.05) is 5.92 Å². The van der Waals surface area contributed by atoms with Gasteiger partial charge in [0.1, 0.15) is 19.0 Å². The van der Waals surface area contributed by atoms with E-state index in [9.17, 15) is 4.79 Å². The number of ketones is 1. The molecule has 0 atom stereocenters. The highest BCUT2D eigenvalue weighted by atomic mass is 16.5. The van der Waals surface area contributed by atoms with Gasteiger partial charge in [0.05, 0.1) is 6.61 Å². The van der Waals surface area contributed by atoms with E-state index in [1.165, 1.54) is 19.3 Å². The van der Waals surface area contributed by atoms with Gasteiger partial charge in [0.25, 0.3) is 0 Å². The molecule has 1 fully saturated rings. The van der Waals surface area contributed by atoms with Crippen LogP contribution in [0, 0.1) is 5.92 Å². The van der Waals surface area contributed by atoms with Crippen molar-refractivity contribution in [3.05, 3.63) is 30.3 Å². The molecule has 0 radical (unpaired) electrons. The molecule has 0 aromatic heterocycles. The summed E-state index contributed by atoms with van der Waals surface area (Å²) in [5, 5.41) is 0. The van der Waals surface area contributed by atoms with Crippen LogP contribution in [0.2, 0.25) is 0 Å². The highest BCUT2D eigenvalue weighted by Crippen LogP contribution is 2.24. The van der Waals surface area contributed by atoms with E-state index in [1.54, 1.807) is 0 Å². The van der Waals surface area contributed by atoms with Gasteiger partial charge in [-0.3, -0.25) is 4.79 Å². The molecule has 3 nitrogen and oxygen atoms in total. The molecule has 0 bridgehead atoms. The summed E-state index contributed by atoms with van der Waals surface area (Å²) in [5.74, 6) is 1.34. The van der Waals surface area contributed by atoms with E-state index in [2.05, 4.69) is 0 Å². The maximum Gasteiger partial charge on any atom is 0.161 e. The van der Waals surface area contributed by atoms with Crippen molar-refractivity contribution in [2.75, 3.05) is 19.8 Å². The van der Waals surface area contributed by atoms with E-state index in [4.69, 9.17) is 9.47 Å². The minimum atomic E-state index is 0.239. The second-order valence-electron chi connectivity index (χ2n) is 5.02. The van der Waals surface area contributed by atoms with Gasteiger partial charge in [-0.2, -0.15) is 0 Å². The van der Waals surface area contributed by atoms with Crippen LogP contribution in [0.3, 0.4) is 0 Å². The van der Waals surface area contributed by atoms with Crippen molar-refractivity contribution < 1.29 is 14.3 Å². The Morgan fingerprint density at radius 1 is 1.05 bits per heavy atom. The van der Waals surface area contributed by atoms with Crippen LogP contribution in [0.5, 0.6) is 5.75 Å². The fraction of sp³-hybridized carbons (Fsp3) is 0.562. The Morgan fingerprint density at radius 2 is 1.79 bits per heavy atom. The summed E-state index contributed by atoms with van der Waals surface area (Å²) < 4.78 is 10.9. The number of rotatable bonds is 7. The zero-order valence-electron chi connectivity index (χ0n) is 11.3. The normalized spacial score (nSPS) is 16.2. The predicted octanol–water partition coefficient (Wildman–Crippen LogP) is 3.23. The topological polar surface area (TPSA) is 35.5 Å². The molecule has 19 heavy (non-hydrogen) atoms. The lowest BCUT2D eigenvalue weighted by Gasteiger charge is -2.20. The quantitative estimate of drug-likeness (QED) is 0.708. The Morgan fingerprint density at radius 3 is 2.53 bits per heavy atom. The molecule has 0 aliphatic heterocycles. The summed E-state index contributed by atoms with van der Waals surface area (Å²) >= 11 is 0. The first-order valence-corrected chi connectivity index (χ1v) is 7.14. The van der Waals surface area contributed by atoms with Gasteiger partial charge in [-0.1, -0.05) is 37.5 Å². The van der Waals surface area contributed by atoms with Gasteiger partial charge in [0.15, 0.2) is 5.78 Å². The summed E-state index contributed by atoms with van der Waals surface area (Å²) in [6, 6.07) is 9.64. The van der Waals surface area contributed by atoms with E-state index in [1.807, 2.05) is 30.3 Å². The van der Waals surface area contributed by atoms with Crippen LogP contribution < -0.4 is 4.74 Å². The fourth-order valence-electron chi connectivity index (χ4n) is 2.45. The zero-order valence-corrected chi connectivity index (χ0v) is 11.3. The van der Waals surface area contributed by atoms with Crippen LogP contribution in [-0.2, 0) is 9.53 Å². The summed E-state index contributed by atoms with van der Waals surface area (Å²) in [5.41, 5.74) is 0. The SMILES string of the molecule is O=C(COCCOc1ccccc1)C1CCCCC1. The van der Waals surface area contributed by atoms with Gasteiger partial charge in [-0.15, -0.1) is 0 Å². The van der Waals surface area contributed by atoms with Crippen LogP contribution in [0.15, 0.2) is 30.3 Å². The number of ether oxygens (including phenoxy) is 2. The van der Waals surface area contributed by atoms with Crippen molar-refractivity contribution in [2.24, 2.45) is 5.92 Å². The van der Waals surface area contributed by atoms with Gasteiger partial charge >= 0.3 is 0 Å². The smallest absolute Gasteiger partial charge is 0.161 e. The number of hydrogen-bond donors (Lipinski definition) is 0. The summed E-state index contributed by atoms with van der Waals surface area (Å²) in [7, 11) is 0. The van der Waals surface area contributed by atoms with Crippen molar-refractivity contribution in [3.63, 3.8) is 0 Å². The van der Waals surface area contributed by atoms with Crippen LogP contribution in [0.4, 0.5) is 0 Å². The third-order valence-corrected chi connectivity index (χ3v) is 3.54.